The van der Waals surface area contributed by atoms with Crippen LogP contribution in [0.3, 0.4) is 0 Å². The average Bonchev–Trinajstić information content (AvgIpc) is 2.39. The molecule has 20 heavy (non-hydrogen) atoms. The van der Waals surface area contributed by atoms with Crippen molar-refractivity contribution in [3.8, 4) is 0 Å². The Hall–Kier alpha value is -0.840. The van der Waals surface area contributed by atoms with E-state index < -0.39 is 0 Å². The molecule has 0 spiro atoms. The van der Waals surface area contributed by atoms with Gasteiger partial charge in [-0.1, -0.05) is 46.9 Å². The first-order valence-electron chi connectivity index (χ1n) is 5.86. The van der Waals surface area contributed by atoms with E-state index in [2.05, 4.69) is 5.43 Å². The fraction of sp³-hybridized carbons (Fsp3) is 0.143. The highest BCUT2D eigenvalue weighted by Crippen LogP contribution is 2.29. The van der Waals surface area contributed by atoms with Crippen molar-refractivity contribution in [2.24, 2.45) is 5.84 Å². The van der Waals surface area contributed by atoms with Crippen molar-refractivity contribution in [3.63, 3.8) is 0 Å². The number of hydrazine groups is 1. The molecule has 3 N–H and O–H groups in total. The van der Waals surface area contributed by atoms with Crippen LogP contribution in [0.25, 0.3) is 0 Å². The minimum atomic E-state index is -0.372. The molecular weight excluding hydrogens is 322 g/mol. The summed E-state index contributed by atoms with van der Waals surface area (Å²) in [6.45, 7) is 0. The second kappa shape index (κ2) is 6.74. The minimum absolute atomic E-state index is 0.324. The predicted octanol–water partition coefficient (Wildman–Crippen LogP) is 4.53. The van der Waals surface area contributed by atoms with Crippen molar-refractivity contribution in [2.75, 3.05) is 0 Å². The van der Waals surface area contributed by atoms with E-state index in [1.165, 1.54) is 6.07 Å². The van der Waals surface area contributed by atoms with Crippen LogP contribution < -0.4 is 11.3 Å². The van der Waals surface area contributed by atoms with Gasteiger partial charge < -0.3 is 0 Å². The van der Waals surface area contributed by atoms with Gasteiger partial charge in [0, 0.05) is 15.1 Å². The summed E-state index contributed by atoms with van der Waals surface area (Å²) in [5.74, 6) is 5.18. The molecule has 2 aromatic carbocycles. The molecule has 6 heteroatoms. The maximum Gasteiger partial charge on any atom is 0.127 e. The molecule has 0 aromatic heterocycles. The lowest BCUT2D eigenvalue weighted by Crippen LogP contribution is -2.30. The van der Waals surface area contributed by atoms with Gasteiger partial charge in [-0.15, -0.1) is 0 Å². The van der Waals surface area contributed by atoms with Crippen molar-refractivity contribution in [1.29, 1.82) is 0 Å². The van der Waals surface area contributed by atoms with Crippen LogP contribution in [-0.2, 0) is 6.42 Å². The van der Waals surface area contributed by atoms with Crippen LogP contribution in [0.15, 0.2) is 36.4 Å². The maximum atomic E-state index is 13.8. The van der Waals surface area contributed by atoms with E-state index in [1.807, 2.05) is 0 Å². The lowest BCUT2D eigenvalue weighted by Gasteiger charge is -2.18. The molecule has 0 saturated heterocycles. The molecule has 2 nitrogen and oxygen atoms in total. The van der Waals surface area contributed by atoms with Gasteiger partial charge >= 0.3 is 0 Å². The molecule has 1 unspecified atom stereocenters. The second-order valence-corrected chi connectivity index (χ2v) is 5.61. The van der Waals surface area contributed by atoms with Crippen LogP contribution in [0.5, 0.6) is 0 Å². The lowest BCUT2D eigenvalue weighted by atomic mass is 9.99. The van der Waals surface area contributed by atoms with Crippen molar-refractivity contribution >= 4 is 34.8 Å². The molecule has 0 amide bonds. The number of benzene rings is 2. The fourth-order valence-corrected chi connectivity index (χ4v) is 2.65. The van der Waals surface area contributed by atoms with Crippen molar-refractivity contribution < 1.29 is 4.39 Å². The third-order valence-electron chi connectivity index (χ3n) is 2.98. The molecular formula is C14H12Cl3FN2. The van der Waals surface area contributed by atoms with Gasteiger partial charge in [0.25, 0.3) is 0 Å². The minimum Gasteiger partial charge on any atom is -0.271 e. The summed E-state index contributed by atoms with van der Waals surface area (Å²) in [5.41, 5.74) is 3.90. The number of nitrogens with two attached hydrogens (primary N) is 1. The normalized spacial score (nSPS) is 12.4. The first-order chi connectivity index (χ1) is 9.51. The number of hydrogen-bond acceptors (Lipinski definition) is 2. The van der Waals surface area contributed by atoms with Gasteiger partial charge in [-0.2, -0.15) is 0 Å². The zero-order valence-corrected chi connectivity index (χ0v) is 12.6. The van der Waals surface area contributed by atoms with E-state index in [1.54, 1.807) is 30.3 Å². The summed E-state index contributed by atoms with van der Waals surface area (Å²) < 4.78 is 13.8. The zero-order chi connectivity index (χ0) is 14.7. The largest absolute Gasteiger partial charge is 0.271 e. The van der Waals surface area contributed by atoms with E-state index in [0.717, 1.165) is 5.56 Å². The molecule has 0 aliphatic carbocycles. The lowest BCUT2D eigenvalue weighted by molar-refractivity contribution is 0.529. The molecule has 0 fully saturated rings. The maximum absolute atomic E-state index is 13.8. The molecule has 1 atom stereocenters. The molecule has 2 aromatic rings. The Kier molecular flexibility index (Phi) is 5.24. The van der Waals surface area contributed by atoms with E-state index in [9.17, 15) is 4.39 Å². The van der Waals surface area contributed by atoms with Crippen LogP contribution in [0.4, 0.5) is 4.39 Å². The van der Waals surface area contributed by atoms with Gasteiger partial charge in [0.05, 0.1) is 6.04 Å². The summed E-state index contributed by atoms with van der Waals surface area (Å²) in [6.07, 6.45) is 0.348. The molecule has 0 radical (unpaired) electrons. The Bertz CT molecular complexity index is 619. The van der Waals surface area contributed by atoms with Gasteiger partial charge in [-0.05, 0) is 41.8 Å². The molecule has 0 aliphatic rings. The third-order valence-corrected chi connectivity index (χ3v) is 3.78. The van der Waals surface area contributed by atoms with Gasteiger partial charge in [-0.25, -0.2) is 4.39 Å². The zero-order valence-electron chi connectivity index (χ0n) is 10.3. The van der Waals surface area contributed by atoms with Crippen LogP contribution in [0, 0.1) is 5.82 Å². The summed E-state index contributed by atoms with van der Waals surface area (Å²) >= 11 is 17.7. The predicted molar refractivity (Wildman–Crippen MR) is 81.6 cm³/mol. The summed E-state index contributed by atoms with van der Waals surface area (Å²) in [5, 5.41) is 1.37. The molecule has 106 valence electrons. The number of rotatable bonds is 4. The van der Waals surface area contributed by atoms with E-state index >= 15 is 0 Å². The Morgan fingerprint density at radius 2 is 1.70 bits per heavy atom. The van der Waals surface area contributed by atoms with Gasteiger partial charge in [0.2, 0.25) is 0 Å². The summed E-state index contributed by atoms with van der Waals surface area (Å²) in [7, 11) is 0. The molecule has 0 saturated carbocycles. The summed E-state index contributed by atoms with van der Waals surface area (Å²) in [4.78, 5) is 0. The number of hydrogen-bond donors (Lipinski definition) is 2. The van der Waals surface area contributed by atoms with E-state index in [4.69, 9.17) is 40.6 Å². The van der Waals surface area contributed by atoms with Crippen LogP contribution >= 0.6 is 34.8 Å². The first-order valence-corrected chi connectivity index (χ1v) is 6.99. The Morgan fingerprint density at radius 1 is 1.05 bits per heavy atom. The van der Waals surface area contributed by atoms with Crippen LogP contribution in [-0.4, -0.2) is 0 Å². The van der Waals surface area contributed by atoms with Crippen LogP contribution in [0.1, 0.15) is 17.2 Å². The van der Waals surface area contributed by atoms with Crippen molar-refractivity contribution in [2.45, 2.75) is 12.5 Å². The van der Waals surface area contributed by atoms with E-state index in [-0.39, 0.29) is 11.9 Å². The molecule has 0 aliphatic heterocycles. The molecule has 2 rings (SSSR count). The molecule has 0 bridgehead atoms. The average molecular weight is 334 g/mol. The Labute approximate surface area is 131 Å². The van der Waals surface area contributed by atoms with E-state index in [0.29, 0.717) is 27.1 Å². The smallest absolute Gasteiger partial charge is 0.127 e. The van der Waals surface area contributed by atoms with Crippen LogP contribution in [0.2, 0.25) is 15.1 Å². The quantitative estimate of drug-likeness (QED) is 0.637. The highest BCUT2D eigenvalue weighted by Gasteiger charge is 2.16. The van der Waals surface area contributed by atoms with Gasteiger partial charge in [0.15, 0.2) is 0 Å². The van der Waals surface area contributed by atoms with Crippen molar-refractivity contribution in [1.82, 2.24) is 5.43 Å². The monoisotopic (exact) mass is 332 g/mol. The Morgan fingerprint density at radius 3 is 2.30 bits per heavy atom. The standard InChI is InChI=1S/C14H12Cl3FN2/c15-9-3-4-11(12(17)6-9)14(20-19)5-8-1-2-10(16)7-13(8)18/h1-4,6-7,14,20H,5,19H2. The third kappa shape index (κ3) is 3.62. The van der Waals surface area contributed by atoms with Gasteiger partial charge in [-0.3, -0.25) is 11.3 Å². The molecule has 0 heterocycles. The highest BCUT2D eigenvalue weighted by molar-refractivity contribution is 6.35. The fourth-order valence-electron chi connectivity index (χ4n) is 1.95. The first kappa shape index (κ1) is 15.5. The second-order valence-electron chi connectivity index (χ2n) is 4.32. The van der Waals surface area contributed by atoms with Gasteiger partial charge in [0.1, 0.15) is 5.82 Å². The highest BCUT2D eigenvalue weighted by atomic mass is 35.5. The number of nitrogens with one attached hydrogen (secondary N) is 1. The number of halogens is 4. The SMILES string of the molecule is NNC(Cc1ccc(Cl)cc1F)c1ccc(Cl)cc1Cl. The Balaban J connectivity index is 2.28. The van der Waals surface area contributed by atoms with Crippen molar-refractivity contribution in [3.05, 3.63) is 68.4 Å². The summed E-state index contributed by atoms with van der Waals surface area (Å²) in [6, 6.07) is 9.32. The topological polar surface area (TPSA) is 38.0 Å².